The van der Waals surface area contributed by atoms with E-state index in [-0.39, 0.29) is 5.69 Å². The van der Waals surface area contributed by atoms with Crippen molar-refractivity contribution in [3.05, 3.63) is 99.7 Å². The SMILES string of the molecule is Cc1c(C(N)=O)cc(-c2cccc([N+](=O)[O-])c2)n1Cc1cccc2ccccc12. The van der Waals surface area contributed by atoms with Crippen molar-refractivity contribution >= 4 is 22.4 Å². The Morgan fingerprint density at radius 2 is 1.76 bits per heavy atom. The van der Waals surface area contributed by atoms with Gasteiger partial charge in [0.05, 0.1) is 10.5 Å². The van der Waals surface area contributed by atoms with Gasteiger partial charge in [0.2, 0.25) is 0 Å². The number of benzene rings is 3. The van der Waals surface area contributed by atoms with E-state index in [4.69, 9.17) is 5.73 Å². The molecule has 2 N–H and O–H groups in total. The molecule has 0 atom stereocenters. The second-order valence-electron chi connectivity index (χ2n) is 6.92. The van der Waals surface area contributed by atoms with Gasteiger partial charge in [0.15, 0.2) is 0 Å². The smallest absolute Gasteiger partial charge is 0.270 e. The summed E-state index contributed by atoms with van der Waals surface area (Å²) in [7, 11) is 0. The molecule has 1 heterocycles. The highest BCUT2D eigenvalue weighted by molar-refractivity contribution is 5.96. The lowest BCUT2D eigenvalue weighted by molar-refractivity contribution is -0.384. The standard InChI is InChI=1S/C23H19N3O3/c1-15-21(23(24)27)13-22(17-8-5-10-19(12-17)26(28)29)25(15)14-18-9-4-7-16-6-2-3-11-20(16)18/h2-13H,14H2,1H3,(H2,24,27). The highest BCUT2D eigenvalue weighted by atomic mass is 16.6. The molecule has 3 aromatic carbocycles. The van der Waals surface area contributed by atoms with Crippen molar-refractivity contribution in [3.8, 4) is 11.3 Å². The van der Waals surface area contributed by atoms with E-state index in [0.29, 0.717) is 23.4 Å². The number of aromatic nitrogens is 1. The van der Waals surface area contributed by atoms with Crippen molar-refractivity contribution in [2.45, 2.75) is 13.5 Å². The summed E-state index contributed by atoms with van der Waals surface area (Å²) in [5, 5.41) is 13.5. The minimum Gasteiger partial charge on any atom is -0.366 e. The van der Waals surface area contributed by atoms with Crippen molar-refractivity contribution in [2.75, 3.05) is 0 Å². The predicted molar refractivity (Wildman–Crippen MR) is 113 cm³/mol. The lowest BCUT2D eigenvalue weighted by Gasteiger charge is -2.14. The summed E-state index contributed by atoms with van der Waals surface area (Å²) >= 11 is 0. The Balaban J connectivity index is 1.89. The molecule has 0 aliphatic rings. The topological polar surface area (TPSA) is 91.2 Å². The Bertz CT molecular complexity index is 1250. The molecule has 144 valence electrons. The van der Waals surface area contributed by atoms with E-state index in [9.17, 15) is 14.9 Å². The number of non-ortho nitro benzene ring substituents is 1. The first-order valence-electron chi connectivity index (χ1n) is 9.17. The van der Waals surface area contributed by atoms with Crippen LogP contribution in [0.1, 0.15) is 21.6 Å². The molecule has 1 amide bonds. The molecule has 0 radical (unpaired) electrons. The third-order valence-electron chi connectivity index (χ3n) is 5.19. The molecular formula is C23H19N3O3. The first kappa shape index (κ1) is 18.4. The lowest BCUT2D eigenvalue weighted by atomic mass is 10.0. The van der Waals surface area contributed by atoms with Gasteiger partial charge in [-0.3, -0.25) is 14.9 Å². The third kappa shape index (κ3) is 3.36. The summed E-state index contributed by atoms with van der Waals surface area (Å²) in [6, 6.07) is 22.3. The van der Waals surface area contributed by atoms with E-state index < -0.39 is 10.8 Å². The number of fused-ring (bicyclic) bond motifs is 1. The minimum atomic E-state index is -0.522. The number of carbonyl (C=O) groups is 1. The summed E-state index contributed by atoms with van der Waals surface area (Å²) in [6.45, 7) is 2.35. The fourth-order valence-corrected chi connectivity index (χ4v) is 3.72. The zero-order chi connectivity index (χ0) is 20.5. The van der Waals surface area contributed by atoms with E-state index in [0.717, 1.165) is 22.0 Å². The molecule has 0 aliphatic heterocycles. The Morgan fingerprint density at radius 3 is 2.52 bits per heavy atom. The molecule has 29 heavy (non-hydrogen) atoms. The van der Waals surface area contributed by atoms with Crippen LogP contribution in [0.4, 0.5) is 5.69 Å². The van der Waals surface area contributed by atoms with E-state index in [1.807, 2.05) is 35.8 Å². The third-order valence-corrected chi connectivity index (χ3v) is 5.19. The van der Waals surface area contributed by atoms with Crippen LogP contribution in [0.25, 0.3) is 22.0 Å². The molecule has 0 saturated heterocycles. The molecule has 0 unspecified atom stereocenters. The van der Waals surface area contributed by atoms with Gasteiger partial charge in [0.1, 0.15) is 0 Å². The fourth-order valence-electron chi connectivity index (χ4n) is 3.72. The predicted octanol–water partition coefficient (Wildman–Crippen LogP) is 4.67. The zero-order valence-corrected chi connectivity index (χ0v) is 15.8. The molecule has 4 aromatic rings. The number of amides is 1. The maximum Gasteiger partial charge on any atom is 0.270 e. The number of primary amides is 1. The molecule has 0 spiro atoms. The molecule has 1 aromatic heterocycles. The number of nitro benzene ring substituents is 1. The Labute approximate surface area is 167 Å². The van der Waals surface area contributed by atoms with Crippen molar-refractivity contribution in [1.82, 2.24) is 4.57 Å². The zero-order valence-electron chi connectivity index (χ0n) is 15.8. The second-order valence-corrected chi connectivity index (χ2v) is 6.92. The number of hydrogen-bond acceptors (Lipinski definition) is 3. The monoisotopic (exact) mass is 385 g/mol. The minimum absolute atomic E-state index is 0.00121. The largest absolute Gasteiger partial charge is 0.366 e. The van der Waals surface area contributed by atoms with Crippen LogP contribution in [0, 0.1) is 17.0 Å². The van der Waals surface area contributed by atoms with E-state index >= 15 is 0 Å². The summed E-state index contributed by atoms with van der Waals surface area (Å²) in [5.41, 5.74) is 9.18. The van der Waals surface area contributed by atoms with Crippen LogP contribution in [0.3, 0.4) is 0 Å². The fraction of sp³-hybridized carbons (Fsp3) is 0.0870. The molecule has 4 rings (SSSR count). The van der Waals surface area contributed by atoms with Crippen molar-refractivity contribution in [1.29, 1.82) is 0 Å². The second kappa shape index (κ2) is 7.24. The Kier molecular flexibility index (Phi) is 4.60. The van der Waals surface area contributed by atoms with Crippen molar-refractivity contribution in [2.24, 2.45) is 5.73 Å². The average Bonchev–Trinajstić information content (AvgIpc) is 3.05. The van der Waals surface area contributed by atoms with Gasteiger partial charge in [-0.2, -0.15) is 0 Å². The number of nitrogens with two attached hydrogens (primary N) is 1. The quantitative estimate of drug-likeness (QED) is 0.400. The summed E-state index contributed by atoms with van der Waals surface area (Å²) < 4.78 is 1.99. The first-order chi connectivity index (χ1) is 14.0. The summed E-state index contributed by atoms with van der Waals surface area (Å²) in [6.07, 6.45) is 0. The molecule has 0 fully saturated rings. The van der Waals surface area contributed by atoms with Crippen molar-refractivity contribution < 1.29 is 9.72 Å². The summed E-state index contributed by atoms with van der Waals surface area (Å²) in [5.74, 6) is -0.522. The van der Waals surface area contributed by atoms with Gasteiger partial charge < -0.3 is 10.3 Å². The van der Waals surface area contributed by atoms with Gasteiger partial charge in [-0.25, -0.2) is 0 Å². The normalized spacial score (nSPS) is 10.9. The Hall–Kier alpha value is -3.93. The van der Waals surface area contributed by atoms with Crippen LogP contribution in [0.2, 0.25) is 0 Å². The number of hydrogen-bond donors (Lipinski definition) is 1. The highest BCUT2D eigenvalue weighted by Crippen LogP contribution is 2.30. The van der Waals surface area contributed by atoms with E-state index in [1.165, 1.54) is 12.1 Å². The van der Waals surface area contributed by atoms with Gasteiger partial charge in [-0.05, 0) is 29.3 Å². The number of rotatable bonds is 5. The Morgan fingerprint density at radius 1 is 1.03 bits per heavy atom. The number of carbonyl (C=O) groups excluding carboxylic acids is 1. The number of nitro groups is 1. The van der Waals surface area contributed by atoms with Gasteiger partial charge in [0, 0.05) is 35.6 Å². The molecule has 0 bridgehead atoms. The molecule has 0 aliphatic carbocycles. The molecular weight excluding hydrogens is 366 g/mol. The van der Waals surface area contributed by atoms with Gasteiger partial charge in [-0.15, -0.1) is 0 Å². The van der Waals surface area contributed by atoms with Crippen LogP contribution in [-0.4, -0.2) is 15.4 Å². The number of nitrogens with zero attached hydrogens (tertiary/aromatic N) is 2. The molecule has 6 nitrogen and oxygen atoms in total. The van der Waals surface area contributed by atoms with Crippen LogP contribution >= 0.6 is 0 Å². The lowest BCUT2D eigenvalue weighted by Crippen LogP contribution is -2.12. The van der Waals surface area contributed by atoms with Crippen LogP contribution in [0.15, 0.2) is 72.8 Å². The van der Waals surface area contributed by atoms with Crippen molar-refractivity contribution in [3.63, 3.8) is 0 Å². The van der Waals surface area contributed by atoms with Gasteiger partial charge in [0.25, 0.3) is 11.6 Å². The maximum atomic E-state index is 12.0. The molecule has 0 saturated carbocycles. The highest BCUT2D eigenvalue weighted by Gasteiger charge is 2.19. The summed E-state index contributed by atoms with van der Waals surface area (Å²) in [4.78, 5) is 22.7. The van der Waals surface area contributed by atoms with Gasteiger partial charge >= 0.3 is 0 Å². The first-order valence-corrected chi connectivity index (χ1v) is 9.17. The van der Waals surface area contributed by atoms with E-state index in [2.05, 4.69) is 18.2 Å². The van der Waals surface area contributed by atoms with Crippen LogP contribution in [-0.2, 0) is 6.54 Å². The molecule has 6 heteroatoms. The van der Waals surface area contributed by atoms with E-state index in [1.54, 1.807) is 18.2 Å². The maximum absolute atomic E-state index is 12.0. The van der Waals surface area contributed by atoms with Gasteiger partial charge in [-0.1, -0.05) is 54.6 Å². The van der Waals surface area contributed by atoms with Crippen LogP contribution in [0.5, 0.6) is 0 Å². The van der Waals surface area contributed by atoms with Crippen LogP contribution < -0.4 is 5.73 Å². The average molecular weight is 385 g/mol.